The van der Waals surface area contributed by atoms with Crippen LogP contribution in [0.1, 0.15) is 62.0 Å². The molecule has 0 saturated heterocycles. The molecular formula is C15H22O. The minimum atomic E-state index is 0.113. The summed E-state index contributed by atoms with van der Waals surface area (Å²) in [5.74, 6) is 0. The summed E-state index contributed by atoms with van der Waals surface area (Å²) in [6.45, 7) is 8.78. The third-order valence-corrected chi connectivity index (χ3v) is 2.93. The fourth-order valence-corrected chi connectivity index (χ4v) is 2.05. The Labute approximate surface area is 98.9 Å². The third-order valence-electron chi connectivity index (χ3n) is 2.93. The summed E-state index contributed by atoms with van der Waals surface area (Å²) < 4.78 is 0. The normalized spacial score (nSPS) is 11.5. The maximum Gasteiger partial charge on any atom is 0.150 e. The van der Waals surface area contributed by atoms with Gasteiger partial charge in [0.25, 0.3) is 0 Å². The van der Waals surface area contributed by atoms with E-state index in [2.05, 4.69) is 33.8 Å². The first kappa shape index (κ1) is 13.0. The maximum absolute atomic E-state index is 11.1. The van der Waals surface area contributed by atoms with E-state index in [1.54, 1.807) is 0 Å². The summed E-state index contributed by atoms with van der Waals surface area (Å²) in [6.07, 6.45) is 4.31. The molecule has 0 fully saturated rings. The minimum absolute atomic E-state index is 0.113. The smallest absolute Gasteiger partial charge is 0.150 e. The van der Waals surface area contributed by atoms with Crippen LogP contribution in [-0.2, 0) is 11.8 Å². The van der Waals surface area contributed by atoms with Gasteiger partial charge in [-0.15, -0.1) is 0 Å². The van der Waals surface area contributed by atoms with Gasteiger partial charge < -0.3 is 0 Å². The van der Waals surface area contributed by atoms with E-state index < -0.39 is 0 Å². The van der Waals surface area contributed by atoms with Gasteiger partial charge in [-0.1, -0.05) is 52.3 Å². The second-order valence-corrected chi connectivity index (χ2v) is 5.34. The fraction of sp³-hybridized carbons (Fsp3) is 0.533. The zero-order chi connectivity index (χ0) is 12.2. The lowest BCUT2D eigenvalue weighted by atomic mass is 9.81. The number of unbranched alkanes of at least 4 members (excludes halogenated alkanes) is 1. The molecule has 0 N–H and O–H groups in total. The van der Waals surface area contributed by atoms with E-state index in [4.69, 9.17) is 0 Å². The number of benzene rings is 1. The maximum atomic E-state index is 11.1. The van der Waals surface area contributed by atoms with Crippen LogP contribution in [-0.4, -0.2) is 6.29 Å². The number of carbonyl (C=O) groups is 1. The molecule has 0 radical (unpaired) electrons. The molecule has 0 aliphatic carbocycles. The van der Waals surface area contributed by atoms with Crippen molar-refractivity contribution in [2.75, 3.05) is 0 Å². The Balaban J connectivity index is 3.20. The fourth-order valence-electron chi connectivity index (χ4n) is 2.05. The van der Waals surface area contributed by atoms with Gasteiger partial charge in [0.05, 0.1) is 0 Å². The lowest BCUT2D eigenvalue weighted by Crippen LogP contribution is -2.15. The summed E-state index contributed by atoms with van der Waals surface area (Å²) in [4.78, 5) is 11.1. The van der Waals surface area contributed by atoms with Crippen molar-refractivity contribution in [3.05, 3.63) is 34.9 Å². The van der Waals surface area contributed by atoms with Crippen LogP contribution in [0.15, 0.2) is 18.2 Å². The second-order valence-electron chi connectivity index (χ2n) is 5.34. The Morgan fingerprint density at radius 3 is 2.44 bits per heavy atom. The molecule has 1 rings (SSSR count). The standard InChI is InChI=1S/C15H22O/c1-5-6-9-13-12(11-16)8-7-10-14(13)15(2,3)4/h7-8,10-11H,5-6,9H2,1-4H3. The van der Waals surface area contributed by atoms with Crippen molar-refractivity contribution in [1.29, 1.82) is 0 Å². The predicted molar refractivity (Wildman–Crippen MR) is 69.1 cm³/mol. The monoisotopic (exact) mass is 218 g/mol. The Morgan fingerprint density at radius 1 is 1.25 bits per heavy atom. The van der Waals surface area contributed by atoms with E-state index in [1.807, 2.05) is 12.1 Å². The Bertz CT molecular complexity index is 358. The average Bonchev–Trinajstić information content (AvgIpc) is 2.24. The molecule has 0 unspecified atom stereocenters. The lowest BCUT2D eigenvalue weighted by Gasteiger charge is -2.24. The largest absolute Gasteiger partial charge is 0.298 e. The van der Waals surface area contributed by atoms with Crippen molar-refractivity contribution < 1.29 is 4.79 Å². The van der Waals surface area contributed by atoms with E-state index in [9.17, 15) is 4.79 Å². The Morgan fingerprint density at radius 2 is 1.94 bits per heavy atom. The van der Waals surface area contributed by atoms with E-state index in [1.165, 1.54) is 11.1 Å². The van der Waals surface area contributed by atoms with Crippen molar-refractivity contribution in [1.82, 2.24) is 0 Å². The summed E-state index contributed by atoms with van der Waals surface area (Å²) in [6, 6.07) is 6.06. The van der Waals surface area contributed by atoms with E-state index in [-0.39, 0.29) is 5.41 Å². The third kappa shape index (κ3) is 2.94. The van der Waals surface area contributed by atoms with Crippen LogP contribution in [0.4, 0.5) is 0 Å². The predicted octanol–water partition coefficient (Wildman–Crippen LogP) is 4.14. The molecule has 1 aromatic carbocycles. The number of carbonyl (C=O) groups excluding carboxylic acids is 1. The first-order valence-electron chi connectivity index (χ1n) is 6.08. The van der Waals surface area contributed by atoms with Crippen molar-refractivity contribution in [3.63, 3.8) is 0 Å². The molecule has 0 spiro atoms. The van der Waals surface area contributed by atoms with Crippen molar-refractivity contribution in [2.24, 2.45) is 0 Å². The molecule has 1 heteroatoms. The van der Waals surface area contributed by atoms with Gasteiger partial charge in [0, 0.05) is 5.56 Å². The van der Waals surface area contributed by atoms with Gasteiger partial charge in [0.1, 0.15) is 6.29 Å². The van der Waals surface area contributed by atoms with Gasteiger partial charge in [-0.05, 0) is 29.4 Å². The quantitative estimate of drug-likeness (QED) is 0.694. The van der Waals surface area contributed by atoms with Crippen LogP contribution in [0.25, 0.3) is 0 Å². The molecule has 0 aliphatic heterocycles. The highest BCUT2D eigenvalue weighted by Crippen LogP contribution is 2.28. The first-order valence-corrected chi connectivity index (χ1v) is 6.08. The molecule has 0 aliphatic rings. The molecular weight excluding hydrogens is 196 g/mol. The van der Waals surface area contributed by atoms with Gasteiger partial charge >= 0.3 is 0 Å². The van der Waals surface area contributed by atoms with Crippen molar-refractivity contribution in [2.45, 2.75) is 52.4 Å². The van der Waals surface area contributed by atoms with Crippen LogP contribution in [0.5, 0.6) is 0 Å². The Kier molecular flexibility index (Phi) is 4.28. The number of aldehydes is 1. The van der Waals surface area contributed by atoms with Crippen LogP contribution in [0, 0.1) is 0 Å². The molecule has 0 aromatic heterocycles. The van der Waals surface area contributed by atoms with Crippen LogP contribution in [0.2, 0.25) is 0 Å². The Hall–Kier alpha value is -1.11. The van der Waals surface area contributed by atoms with Gasteiger partial charge in [0.2, 0.25) is 0 Å². The summed E-state index contributed by atoms with van der Waals surface area (Å²) in [5.41, 5.74) is 3.53. The SMILES string of the molecule is CCCCc1c(C=O)cccc1C(C)(C)C. The highest BCUT2D eigenvalue weighted by molar-refractivity contribution is 5.78. The molecule has 1 aromatic rings. The molecule has 0 atom stereocenters. The minimum Gasteiger partial charge on any atom is -0.298 e. The lowest BCUT2D eigenvalue weighted by molar-refractivity contribution is 0.112. The van der Waals surface area contributed by atoms with Gasteiger partial charge in [0.15, 0.2) is 0 Å². The van der Waals surface area contributed by atoms with Crippen molar-refractivity contribution >= 4 is 6.29 Å². The molecule has 16 heavy (non-hydrogen) atoms. The zero-order valence-electron chi connectivity index (χ0n) is 10.8. The molecule has 88 valence electrons. The highest BCUT2D eigenvalue weighted by atomic mass is 16.1. The molecule has 0 amide bonds. The van der Waals surface area contributed by atoms with E-state index in [0.717, 1.165) is 31.1 Å². The summed E-state index contributed by atoms with van der Waals surface area (Å²) >= 11 is 0. The van der Waals surface area contributed by atoms with Gasteiger partial charge in [-0.2, -0.15) is 0 Å². The molecule has 1 nitrogen and oxygen atoms in total. The van der Waals surface area contributed by atoms with Crippen molar-refractivity contribution in [3.8, 4) is 0 Å². The van der Waals surface area contributed by atoms with E-state index >= 15 is 0 Å². The average molecular weight is 218 g/mol. The summed E-state index contributed by atoms with van der Waals surface area (Å²) in [5, 5.41) is 0. The van der Waals surface area contributed by atoms with Gasteiger partial charge in [-0.3, -0.25) is 4.79 Å². The van der Waals surface area contributed by atoms with Crippen LogP contribution >= 0.6 is 0 Å². The molecule has 0 heterocycles. The number of hydrogen-bond donors (Lipinski definition) is 0. The molecule has 0 saturated carbocycles. The van der Waals surface area contributed by atoms with E-state index in [0.29, 0.717) is 0 Å². The zero-order valence-corrected chi connectivity index (χ0v) is 10.8. The molecule has 0 bridgehead atoms. The highest BCUT2D eigenvalue weighted by Gasteiger charge is 2.19. The first-order chi connectivity index (χ1) is 7.50. The number of rotatable bonds is 4. The number of hydrogen-bond acceptors (Lipinski definition) is 1. The van der Waals surface area contributed by atoms with Crippen LogP contribution < -0.4 is 0 Å². The second kappa shape index (κ2) is 5.29. The summed E-state index contributed by atoms with van der Waals surface area (Å²) in [7, 11) is 0. The topological polar surface area (TPSA) is 17.1 Å². The van der Waals surface area contributed by atoms with Gasteiger partial charge in [-0.25, -0.2) is 0 Å². The van der Waals surface area contributed by atoms with Crippen LogP contribution in [0.3, 0.4) is 0 Å².